The third-order valence-corrected chi connectivity index (χ3v) is 3.07. The Hall–Kier alpha value is -0.160. The molecule has 1 heterocycles. The van der Waals surface area contributed by atoms with Crippen molar-refractivity contribution in [1.82, 2.24) is 4.90 Å². The molecule has 1 aliphatic carbocycles. The Morgan fingerprint density at radius 3 is 2.62 bits per heavy atom. The lowest BCUT2D eigenvalue weighted by Gasteiger charge is -2.53. The van der Waals surface area contributed by atoms with Gasteiger partial charge in [0.2, 0.25) is 0 Å². The maximum absolute atomic E-state index is 9.82. The first kappa shape index (κ1) is 9.40. The maximum Gasteiger partial charge on any atom is 0.113 e. The van der Waals surface area contributed by atoms with Gasteiger partial charge in [-0.15, -0.1) is 0 Å². The zero-order valence-corrected chi connectivity index (χ0v) is 8.07. The van der Waals surface area contributed by atoms with Gasteiger partial charge in [-0.1, -0.05) is 0 Å². The van der Waals surface area contributed by atoms with Crippen LogP contribution in [0.2, 0.25) is 0 Å². The summed E-state index contributed by atoms with van der Waals surface area (Å²) < 4.78 is 4.95. The molecule has 0 spiro atoms. The third kappa shape index (κ3) is 1.72. The zero-order chi connectivity index (χ0) is 9.47. The summed E-state index contributed by atoms with van der Waals surface area (Å²) in [6.45, 7) is 1.94. The van der Waals surface area contributed by atoms with Gasteiger partial charge in [-0.25, -0.2) is 0 Å². The highest BCUT2D eigenvalue weighted by molar-refractivity contribution is 5.02. The number of rotatable bonds is 3. The van der Waals surface area contributed by atoms with Gasteiger partial charge in [0.05, 0.1) is 6.61 Å². The van der Waals surface area contributed by atoms with E-state index in [2.05, 4.69) is 4.90 Å². The van der Waals surface area contributed by atoms with Crippen LogP contribution in [0.3, 0.4) is 0 Å². The molecule has 2 rings (SSSR count). The Morgan fingerprint density at radius 2 is 2.15 bits per heavy atom. The molecule has 0 aromatic heterocycles. The van der Waals surface area contributed by atoms with Gasteiger partial charge >= 0.3 is 0 Å². The summed E-state index contributed by atoms with van der Waals surface area (Å²) in [6, 6.07) is 1.01. The number of aliphatic hydroxyl groups is 1. The highest BCUT2D eigenvalue weighted by Gasteiger charge is 2.46. The molecule has 2 aliphatic rings. The van der Waals surface area contributed by atoms with E-state index in [1.54, 1.807) is 7.11 Å². The Morgan fingerprint density at radius 1 is 1.54 bits per heavy atom. The number of nitrogens with zero attached hydrogens (tertiary/aromatic N) is 1. The number of likely N-dealkylation sites (tertiary alicyclic amines) is 1. The lowest BCUT2D eigenvalue weighted by molar-refractivity contribution is -0.156. The van der Waals surface area contributed by atoms with E-state index in [0.717, 1.165) is 25.9 Å². The van der Waals surface area contributed by atoms with Gasteiger partial charge < -0.3 is 15.6 Å². The number of nitrogens with two attached hydrogens (primary N) is 1. The van der Waals surface area contributed by atoms with Crippen molar-refractivity contribution in [3.05, 3.63) is 0 Å². The smallest absolute Gasteiger partial charge is 0.113 e. The Labute approximate surface area is 78.7 Å². The van der Waals surface area contributed by atoms with Crippen LogP contribution in [0.5, 0.6) is 0 Å². The van der Waals surface area contributed by atoms with Gasteiger partial charge in [0, 0.05) is 32.3 Å². The average Bonchev–Trinajstić information content (AvgIpc) is 1.94. The molecule has 1 aliphatic heterocycles. The fraction of sp³-hybridized carbons (Fsp3) is 1.00. The van der Waals surface area contributed by atoms with Crippen LogP contribution < -0.4 is 5.73 Å². The van der Waals surface area contributed by atoms with Gasteiger partial charge in [0.25, 0.3) is 0 Å². The summed E-state index contributed by atoms with van der Waals surface area (Å²) in [4.78, 5) is 2.29. The van der Waals surface area contributed by atoms with Crippen molar-refractivity contribution in [3.63, 3.8) is 0 Å². The topological polar surface area (TPSA) is 58.7 Å². The van der Waals surface area contributed by atoms with Crippen LogP contribution in [0.15, 0.2) is 0 Å². The molecule has 0 amide bonds. The van der Waals surface area contributed by atoms with E-state index in [0.29, 0.717) is 18.7 Å². The molecule has 0 bridgehead atoms. The van der Waals surface area contributed by atoms with Crippen LogP contribution in [0.1, 0.15) is 12.8 Å². The van der Waals surface area contributed by atoms with Crippen LogP contribution in [-0.2, 0) is 4.74 Å². The van der Waals surface area contributed by atoms with E-state index in [1.165, 1.54) is 0 Å². The van der Waals surface area contributed by atoms with E-state index < -0.39 is 5.60 Å². The number of methoxy groups -OCH3 is 1. The summed E-state index contributed by atoms with van der Waals surface area (Å²) in [6.07, 6.45) is 2.17. The fourth-order valence-corrected chi connectivity index (χ4v) is 2.26. The minimum absolute atomic E-state index is 0.390. The number of hydrogen-bond acceptors (Lipinski definition) is 4. The van der Waals surface area contributed by atoms with E-state index in [1.807, 2.05) is 0 Å². The zero-order valence-electron chi connectivity index (χ0n) is 8.07. The molecule has 76 valence electrons. The van der Waals surface area contributed by atoms with Crippen LogP contribution in [0.25, 0.3) is 0 Å². The van der Waals surface area contributed by atoms with E-state index in [-0.39, 0.29) is 0 Å². The second-order valence-corrected chi connectivity index (χ2v) is 4.45. The molecule has 2 fully saturated rings. The van der Waals surface area contributed by atoms with E-state index in [9.17, 15) is 5.11 Å². The molecule has 0 aromatic rings. The van der Waals surface area contributed by atoms with Crippen LogP contribution >= 0.6 is 0 Å². The minimum Gasteiger partial charge on any atom is -0.385 e. The van der Waals surface area contributed by atoms with Crippen LogP contribution in [0.4, 0.5) is 0 Å². The summed E-state index contributed by atoms with van der Waals surface area (Å²) in [7, 11) is 1.62. The molecule has 4 nitrogen and oxygen atoms in total. The van der Waals surface area contributed by atoms with Crippen LogP contribution in [-0.4, -0.2) is 54.5 Å². The first-order valence-electron chi connectivity index (χ1n) is 4.84. The summed E-state index contributed by atoms with van der Waals surface area (Å²) in [5.41, 5.74) is 5.11. The van der Waals surface area contributed by atoms with Gasteiger partial charge in [-0.2, -0.15) is 0 Å². The van der Waals surface area contributed by atoms with Crippen molar-refractivity contribution >= 4 is 0 Å². The SMILES string of the molecule is COCC1(O)CN(C2CC(N)C2)C1. The molecule has 0 radical (unpaired) electrons. The summed E-state index contributed by atoms with van der Waals surface area (Å²) in [5.74, 6) is 0. The molecule has 4 heteroatoms. The monoisotopic (exact) mass is 186 g/mol. The average molecular weight is 186 g/mol. The predicted molar refractivity (Wildman–Crippen MR) is 49.4 cm³/mol. The van der Waals surface area contributed by atoms with E-state index in [4.69, 9.17) is 10.5 Å². The van der Waals surface area contributed by atoms with Gasteiger partial charge in [0.15, 0.2) is 0 Å². The standard InChI is InChI=1S/C9H18N2O2/c1-13-6-9(12)4-11(5-9)8-2-7(10)3-8/h7-8,12H,2-6,10H2,1H3. The number of hydrogen-bond donors (Lipinski definition) is 2. The second kappa shape index (κ2) is 3.20. The first-order chi connectivity index (χ1) is 6.13. The van der Waals surface area contributed by atoms with E-state index >= 15 is 0 Å². The lowest BCUT2D eigenvalue weighted by atomic mass is 9.81. The predicted octanol–water partition coefficient (Wildman–Crippen LogP) is -0.831. The van der Waals surface area contributed by atoms with Crippen molar-refractivity contribution < 1.29 is 9.84 Å². The highest BCUT2D eigenvalue weighted by Crippen LogP contribution is 2.32. The Kier molecular flexibility index (Phi) is 2.32. The first-order valence-corrected chi connectivity index (χ1v) is 4.84. The summed E-state index contributed by atoms with van der Waals surface area (Å²) in [5, 5.41) is 9.82. The van der Waals surface area contributed by atoms with Crippen molar-refractivity contribution in [1.29, 1.82) is 0 Å². The fourth-order valence-electron chi connectivity index (χ4n) is 2.26. The molecule has 0 unspecified atom stereocenters. The third-order valence-electron chi connectivity index (χ3n) is 3.07. The van der Waals surface area contributed by atoms with Crippen molar-refractivity contribution in [3.8, 4) is 0 Å². The second-order valence-electron chi connectivity index (χ2n) is 4.45. The molecule has 0 aromatic carbocycles. The molecule has 1 saturated carbocycles. The van der Waals surface area contributed by atoms with Gasteiger partial charge in [-0.3, -0.25) is 4.90 Å². The maximum atomic E-state index is 9.82. The van der Waals surface area contributed by atoms with Crippen LogP contribution in [0, 0.1) is 0 Å². The van der Waals surface area contributed by atoms with Crippen molar-refractivity contribution in [2.75, 3.05) is 26.8 Å². The van der Waals surface area contributed by atoms with Crippen molar-refractivity contribution in [2.24, 2.45) is 5.73 Å². The Bertz CT molecular complexity index is 186. The van der Waals surface area contributed by atoms with Crippen molar-refractivity contribution in [2.45, 2.75) is 30.5 Å². The number of ether oxygens (including phenoxy) is 1. The molecule has 0 atom stereocenters. The number of β-amino-alcohol motifs (C(OH)–C–C–N with tert-alkyl or cyclic N) is 1. The normalized spacial score (nSPS) is 38.1. The van der Waals surface area contributed by atoms with Gasteiger partial charge in [-0.05, 0) is 12.8 Å². The molecule has 1 saturated heterocycles. The molecule has 3 N–H and O–H groups in total. The molecule has 13 heavy (non-hydrogen) atoms. The molecular formula is C9H18N2O2. The Balaban J connectivity index is 1.72. The lowest BCUT2D eigenvalue weighted by Crippen LogP contribution is -2.69. The largest absolute Gasteiger partial charge is 0.385 e. The quantitative estimate of drug-likeness (QED) is 0.604. The highest BCUT2D eigenvalue weighted by atomic mass is 16.5. The molecular weight excluding hydrogens is 168 g/mol. The minimum atomic E-state index is -0.589. The summed E-state index contributed by atoms with van der Waals surface area (Å²) >= 11 is 0. The van der Waals surface area contributed by atoms with Gasteiger partial charge in [0.1, 0.15) is 5.60 Å².